The summed E-state index contributed by atoms with van der Waals surface area (Å²) in [5.74, 6) is 0.356. The van der Waals surface area contributed by atoms with E-state index in [4.69, 9.17) is 0 Å². The summed E-state index contributed by atoms with van der Waals surface area (Å²) < 4.78 is 0. The third-order valence-electron chi connectivity index (χ3n) is 4.30. The van der Waals surface area contributed by atoms with Gasteiger partial charge in [0.2, 0.25) is 0 Å². The number of hydrogen-bond acceptors (Lipinski definition) is 3. The molecular weight excluding hydrogens is 252 g/mol. The molecule has 0 bridgehead atoms. The Kier molecular flexibility index (Phi) is 4.31. The van der Waals surface area contributed by atoms with Crippen LogP contribution in [-0.2, 0) is 0 Å². The van der Waals surface area contributed by atoms with Crippen LogP contribution in [0.4, 0.5) is 11.4 Å². The Morgan fingerprint density at radius 1 is 1.30 bits per heavy atom. The van der Waals surface area contributed by atoms with Gasteiger partial charge in [-0.15, -0.1) is 0 Å². The Morgan fingerprint density at radius 3 is 2.70 bits per heavy atom. The maximum Gasteiger partial charge on any atom is 0.269 e. The molecule has 1 N–H and O–H groups in total. The zero-order chi connectivity index (χ0) is 14.8. The molecule has 1 aliphatic rings. The number of non-ortho nitro benzene ring substituents is 1. The lowest BCUT2D eigenvalue weighted by molar-refractivity contribution is -0.384. The van der Waals surface area contributed by atoms with Gasteiger partial charge in [0.1, 0.15) is 0 Å². The molecular formula is C16H24N2O2. The number of nitrogens with one attached hydrogen (secondary N) is 1. The number of unbranched alkanes of at least 4 members (excludes halogenated alkanes) is 3. The van der Waals surface area contributed by atoms with Crippen molar-refractivity contribution in [3.05, 3.63) is 33.9 Å². The van der Waals surface area contributed by atoms with Gasteiger partial charge in [0.15, 0.2) is 0 Å². The zero-order valence-electron chi connectivity index (χ0n) is 12.6. The molecule has 110 valence electrons. The van der Waals surface area contributed by atoms with Crippen LogP contribution in [0, 0.1) is 10.1 Å². The van der Waals surface area contributed by atoms with Crippen LogP contribution in [0.25, 0.3) is 0 Å². The summed E-state index contributed by atoms with van der Waals surface area (Å²) >= 11 is 0. The van der Waals surface area contributed by atoms with Crippen molar-refractivity contribution in [3.63, 3.8) is 0 Å². The van der Waals surface area contributed by atoms with E-state index in [0.717, 1.165) is 17.7 Å². The SMILES string of the molecule is CCCCCCC1c2cc([N+](=O)[O-])ccc2NC1(C)C. The van der Waals surface area contributed by atoms with Crippen LogP contribution in [0.3, 0.4) is 0 Å². The van der Waals surface area contributed by atoms with E-state index in [1.165, 1.54) is 25.7 Å². The highest BCUT2D eigenvalue weighted by Crippen LogP contribution is 2.46. The minimum atomic E-state index is -0.306. The lowest BCUT2D eigenvalue weighted by Crippen LogP contribution is -2.32. The summed E-state index contributed by atoms with van der Waals surface area (Å²) in [6.45, 7) is 6.58. The van der Waals surface area contributed by atoms with Gasteiger partial charge in [0.25, 0.3) is 5.69 Å². The van der Waals surface area contributed by atoms with Crippen LogP contribution in [0.5, 0.6) is 0 Å². The Hall–Kier alpha value is -1.58. The third kappa shape index (κ3) is 2.94. The quantitative estimate of drug-likeness (QED) is 0.459. The maximum atomic E-state index is 11.0. The molecule has 1 atom stereocenters. The molecule has 1 aromatic carbocycles. The summed E-state index contributed by atoms with van der Waals surface area (Å²) in [5.41, 5.74) is 2.34. The van der Waals surface area contributed by atoms with Crippen LogP contribution >= 0.6 is 0 Å². The zero-order valence-corrected chi connectivity index (χ0v) is 12.6. The summed E-state index contributed by atoms with van der Waals surface area (Å²) in [7, 11) is 0. The predicted octanol–water partition coefficient (Wildman–Crippen LogP) is 4.85. The molecule has 1 aromatic rings. The lowest BCUT2D eigenvalue weighted by atomic mass is 9.82. The Labute approximate surface area is 120 Å². The molecule has 0 saturated carbocycles. The van der Waals surface area contributed by atoms with E-state index in [1.54, 1.807) is 12.1 Å². The van der Waals surface area contributed by atoms with Crippen LogP contribution in [-0.4, -0.2) is 10.5 Å². The normalized spacial score (nSPS) is 19.4. The highest BCUT2D eigenvalue weighted by atomic mass is 16.6. The van der Waals surface area contributed by atoms with E-state index in [1.807, 2.05) is 6.07 Å². The maximum absolute atomic E-state index is 11.0. The number of nitro groups is 1. The lowest BCUT2D eigenvalue weighted by Gasteiger charge is -2.28. The molecule has 4 nitrogen and oxygen atoms in total. The van der Waals surface area contributed by atoms with E-state index in [9.17, 15) is 10.1 Å². The molecule has 2 rings (SSSR count). The average molecular weight is 276 g/mol. The van der Waals surface area contributed by atoms with Crippen LogP contribution in [0.15, 0.2) is 18.2 Å². The van der Waals surface area contributed by atoms with Gasteiger partial charge < -0.3 is 5.32 Å². The molecule has 0 aliphatic carbocycles. The van der Waals surface area contributed by atoms with Crippen molar-refractivity contribution >= 4 is 11.4 Å². The van der Waals surface area contributed by atoms with Gasteiger partial charge in [-0.2, -0.15) is 0 Å². The first-order valence-corrected chi connectivity index (χ1v) is 7.52. The second-order valence-electron chi connectivity index (χ2n) is 6.28. The van der Waals surface area contributed by atoms with E-state index in [-0.39, 0.29) is 16.1 Å². The molecule has 0 fully saturated rings. The summed E-state index contributed by atoms with van der Waals surface area (Å²) in [6, 6.07) is 5.18. The van der Waals surface area contributed by atoms with Crippen molar-refractivity contribution in [2.75, 3.05) is 5.32 Å². The highest BCUT2D eigenvalue weighted by molar-refractivity contribution is 5.64. The van der Waals surface area contributed by atoms with Crippen molar-refractivity contribution in [2.24, 2.45) is 0 Å². The van der Waals surface area contributed by atoms with E-state index >= 15 is 0 Å². The number of nitrogens with zero attached hydrogens (tertiary/aromatic N) is 1. The minimum Gasteiger partial charge on any atom is -0.379 e. The fourth-order valence-electron chi connectivity index (χ4n) is 3.18. The fraction of sp³-hybridized carbons (Fsp3) is 0.625. The second-order valence-corrected chi connectivity index (χ2v) is 6.28. The van der Waals surface area contributed by atoms with Gasteiger partial charge in [0.05, 0.1) is 4.92 Å². The smallest absolute Gasteiger partial charge is 0.269 e. The third-order valence-corrected chi connectivity index (χ3v) is 4.30. The fourth-order valence-corrected chi connectivity index (χ4v) is 3.18. The molecule has 4 heteroatoms. The summed E-state index contributed by atoms with van der Waals surface area (Å²) in [5, 5.41) is 14.5. The number of rotatable bonds is 6. The topological polar surface area (TPSA) is 55.2 Å². The molecule has 0 spiro atoms. The summed E-state index contributed by atoms with van der Waals surface area (Å²) in [6.07, 6.45) is 6.02. The highest BCUT2D eigenvalue weighted by Gasteiger charge is 2.38. The van der Waals surface area contributed by atoms with Crippen molar-refractivity contribution in [1.29, 1.82) is 0 Å². The number of anilines is 1. The van der Waals surface area contributed by atoms with Crippen LogP contribution in [0.2, 0.25) is 0 Å². The first-order chi connectivity index (χ1) is 9.45. The molecule has 1 unspecified atom stereocenters. The first kappa shape index (κ1) is 14.8. The summed E-state index contributed by atoms with van der Waals surface area (Å²) in [4.78, 5) is 10.6. The minimum absolute atomic E-state index is 0.0240. The predicted molar refractivity (Wildman–Crippen MR) is 82.3 cm³/mol. The standard InChI is InChI=1S/C16H24N2O2/c1-4-5-6-7-8-14-13-11-12(18(19)20)9-10-15(13)17-16(14,2)3/h9-11,14,17H,4-8H2,1-3H3. The van der Waals surface area contributed by atoms with Crippen LogP contribution in [0.1, 0.15) is 64.4 Å². The largest absolute Gasteiger partial charge is 0.379 e. The number of nitro benzene ring substituents is 1. The van der Waals surface area contributed by atoms with Crippen molar-refractivity contribution in [3.8, 4) is 0 Å². The van der Waals surface area contributed by atoms with Gasteiger partial charge in [-0.25, -0.2) is 0 Å². The monoisotopic (exact) mass is 276 g/mol. The Morgan fingerprint density at radius 2 is 2.05 bits per heavy atom. The van der Waals surface area contributed by atoms with Crippen molar-refractivity contribution in [2.45, 2.75) is 64.3 Å². The van der Waals surface area contributed by atoms with Crippen LogP contribution < -0.4 is 5.32 Å². The molecule has 20 heavy (non-hydrogen) atoms. The molecule has 1 heterocycles. The molecule has 0 amide bonds. The van der Waals surface area contributed by atoms with E-state index in [0.29, 0.717) is 5.92 Å². The molecule has 0 radical (unpaired) electrons. The molecule has 1 aliphatic heterocycles. The van der Waals surface area contributed by atoms with Crippen molar-refractivity contribution in [1.82, 2.24) is 0 Å². The van der Waals surface area contributed by atoms with Gasteiger partial charge in [-0.05, 0) is 31.9 Å². The Bertz CT molecular complexity index is 497. The van der Waals surface area contributed by atoms with E-state index in [2.05, 4.69) is 26.1 Å². The number of fused-ring (bicyclic) bond motifs is 1. The Balaban J connectivity index is 2.18. The van der Waals surface area contributed by atoms with Gasteiger partial charge >= 0.3 is 0 Å². The van der Waals surface area contributed by atoms with E-state index < -0.39 is 0 Å². The van der Waals surface area contributed by atoms with Gasteiger partial charge in [-0.1, -0.05) is 32.6 Å². The molecule has 0 saturated heterocycles. The molecule has 0 aromatic heterocycles. The number of hydrogen-bond donors (Lipinski definition) is 1. The first-order valence-electron chi connectivity index (χ1n) is 7.52. The average Bonchev–Trinajstić information content (AvgIpc) is 2.64. The number of benzene rings is 1. The van der Waals surface area contributed by atoms with Gasteiger partial charge in [-0.3, -0.25) is 10.1 Å². The van der Waals surface area contributed by atoms with Crippen molar-refractivity contribution < 1.29 is 4.92 Å². The van der Waals surface area contributed by atoms with Gasteiger partial charge in [0, 0.05) is 29.3 Å². The second kappa shape index (κ2) is 5.81.